The van der Waals surface area contributed by atoms with Gasteiger partial charge < -0.3 is 5.11 Å². The maximum atomic E-state index is 12.4. The van der Waals surface area contributed by atoms with Crippen molar-refractivity contribution < 1.29 is 18.3 Å². The maximum absolute atomic E-state index is 12.4. The van der Waals surface area contributed by atoms with Gasteiger partial charge in [0.1, 0.15) is 0 Å². The molecular weight excluding hydrogens is 314 g/mol. The summed E-state index contributed by atoms with van der Waals surface area (Å²) in [5, 5.41) is 8.66. The normalized spacial score (nSPS) is 11.2. The molecule has 0 aliphatic rings. The van der Waals surface area contributed by atoms with Crippen LogP contribution in [-0.2, 0) is 21.2 Å². The van der Waals surface area contributed by atoms with Gasteiger partial charge in [-0.05, 0) is 61.2 Å². The van der Waals surface area contributed by atoms with E-state index in [-0.39, 0.29) is 11.3 Å². The van der Waals surface area contributed by atoms with Crippen LogP contribution in [0.1, 0.15) is 23.1 Å². The van der Waals surface area contributed by atoms with Crippen LogP contribution in [0.5, 0.6) is 0 Å². The van der Waals surface area contributed by atoms with Crippen LogP contribution >= 0.6 is 0 Å². The fourth-order valence-corrected chi connectivity index (χ4v) is 3.16. The number of rotatable bonds is 6. The molecule has 0 radical (unpaired) electrons. The van der Waals surface area contributed by atoms with Gasteiger partial charge in [-0.25, -0.2) is 8.42 Å². The van der Waals surface area contributed by atoms with Crippen molar-refractivity contribution in [1.82, 2.24) is 0 Å². The van der Waals surface area contributed by atoms with Gasteiger partial charge in [0, 0.05) is 12.1 Å². The van der Waals surface area contributed by atoms with E-state index in [9.17, 15) is 13.2 Å². The Morgan fingerprint density at radius 2 is 1.70 bits per heavy atom. The number of carbonyl (C=O) groups is 1. The summed E-state index contributed by atoms with van der Waals surface area (Å²) in [5.74, 6) is -0.877. The summed E-state index contributed by atoms with van der Waals surface area (Å²) in [6, 6.07) is 11.6. The molecule has 2 N–H and O–H groups in total. The highest BCUT2D eigenvalue weighted by molar-refractivity contribution is 7.92. The average molecular weight is 333 g/mol. The molecule has 0 bridgehead atoms. The molecule has 0 saturated heterocycles. The molecule has 0 saturated carbocycles. The van der Waals surface area contributed by atoms with Crippen LogP contribution in [0.3, 0.4) is 0 Å². The Labute approximate surface area is 136 Å². The zero-order valence-electron chi connectivity index (χ0n) is 13.0. The van der Waals surface area contributed by atoms with E-state index in [0.717, 1.165) is 16.7 Å². The molecule has 2 aromatic rings. The lowest BCUT2D eigenvalue weighted by Gasteiger charge is -2.10. The average Bonchev–Trinajstić information content (AvgIpc) is 2.49. The molecule has 5 nitrogen and oxygen atoms in total. The molecule has 0 aliphatic heterocycles. The van der Waals surface area contributed by atoms with Gasteiger partial charge in [0.25, 0.3) is 10.0 Å². The molecule has 0 aliphatic carbocycles. The third kappa shape index (κ3) is 4.56. The van der Waals surface area contributed by atoms with Crippen LogP contribution in [-0.4, -0.2) is 19.5 Å². The summed E-state index contributed by atoms with van der Waals surface area (Å²) in [5.41, 5.74) is 3.41. The molecule has 0 unspecified atom stereocenters. The number of anilines is 1. The molecule has 0 heterocycles. The quantitative estimate of drug-likeness (QED) is 0.851. The van der Waals surface area contributed by atoms with Crippen LogP contribution in [0.4, 0.5) is 5.69 Å². The van der Waals surface area contributed by atoms with E-state index in [2.05, 4.69) is 4.72 Å². The van der Waals surface area contributed by atoms with Crippen molar-refractivity contribution in [3.8, 4) is 0 Å². The van der Waals surface area contributed by atoms with Gasteiger partial charge in [-0.3, -0.25) is 9.52 Å². The maximum Gasteiger partial charge on any atom is 0.303 e. The van der Waals surface area contributed by atoms with Gasteiger partial charge >= 0.3 is 5.97 Å². The number of carboxylic acids is 1. The van der Waals surface area contributed by atoms with Crippen LogP contribution in [0.15, 0.2) is 47.4 Å². The smallest absolute Gasteiger partial charge is 0.303 e. The largest absolute Gasteiger partial charge is 0.481 e. The highest BCUT2D eigenvalue weighted by atomic mass is 32.2. The van der Waals surface area contributed by atoms with Crippen LogP contribution < -0.4 is 4.72 Å². The number of aliphatic carboxylic acids is 1. The van der Waals surface area contributed by atoms with Crippen molar-refractivity contribution in [3.63, 3.8) is 0 Å². The number of sulfonamides is 1. The molecule has 0 aromatic heterocycles. The van der Waals surface area contributed by atoms with Gasteiger partial charge in [0.15, 0.2) is 0 Å². The summed E-state index contributed by atoms with van der Waals surface area (Å²) in [6.45, 7) is 3.88. The third-order valence-corrected chi connectivity index (χ3v) is 5.02. The van der Waals surface area contributed by atoms with E-state index in [1.54, 1.807) is 24.3 Å². The first kappa shape index (κ1) is 17.0. The minimum absolute atomic E-state index is 0.0208. The number of carboxylic acid groups (broad SMARTS) is 1. The van der Waals surface area contributed by atoms with Crippen LogP contribution in [0, 0.1) is 13.8 Å². The third-order valence-electron chi connectivity index (χ3n) is 3.62. The van der Waals surface area contributed by atoms with Crippen molar-refractivity contribution in [2.45, 2.75) is 31.6 Å². The molecule has 0 fully saturated rings. The first-order valence-electron chi connectivity index (χ1n) is 7.19. The highest BCUT2D eigenvalue weighted by Crippen LogP contribution is 2.19. The summed E-state index contributed by atoms with van der Waals surface area (Å²) >= 11 is 0. The van der Waals surface area contributed by atoms with Crippen molar-refractivity contribution >= 4 is 21.7 Å². The van der Waals surface area contributed by atoms with Crippen molar-refractivity contribution in [3.05, 3.63) is 59.2 Å². The van der Waals surface area contributed by atoms with E-state index >= 15 is 0 Å². The highest BCUT2D eigenvalue weighted by Gasteiger charge is 2.14. The molecule has 2 rings (SSSR count). The van der Waals surface area contributed by atoms with Crippen molar-refractivity contribution in [2.75, 3.05) is 4.72 Å². The SMILES string of the molecule is Cc1ccc(NS(=O)(=O)c2ccc(CCC(=O)O)cc2)cc1C. The van der Waals surface area contributed by atoms with E-state index in [0.29, 0.717) is 12.1 Å². The molecule has 0 amide bonds. The van der Waals surface area contributed by atoms with E-state index in [1.165, 1.54) is 12.1 Å². The lowest BCUT2D eigenvalue weighted by molar-refractivity contribution is -0.136. The molecule has 0 spiro atoms. The van der Waals surface area contributed by atoms with E-state index < -0.39 is 16.0 Å². The fraction of sp³-hybridized carbons (Fsp3) is 0.235. The van der Waals surface area contributed by atoms with Crippen LogP contribution in [0.2, 0.25) is 0 Å². The second kappa shape index (κ2) is 6.83. The Hall–Kier alpha value is -2.34. The Balaban J connectivity index is 2.15. The van der Waals surface area contributed by atoms with Gasteiger partial charge in [-0.15, -0.1) is 0 Å². The minimum Gasteiger partial charge on any atom is -0.481 e. The fourth-order valence-electron chi connectivity index (χ4n) is 2.11. The standard InChI is InChI=1S/C17H19NO4S/c1-12-3-7-15(11-13(12)2)18-23(21,22)16-8-4-14(5-9-16)6-10-17(19)20/h3-5,7-9,11,18H,6,10H2,1-2H3,(H,19,20). The summed E-state index contributed by atoms with van der Waals surface area (Å²) in [7, 11) is -3.66. The Kier molecular flexibility index (Phi) is 5.05. The second-order valence-corrected chi connectivity index (χ2v) is 7.12. The molecule has 2 aromatic carbocycles. The summed E-state index contributed by atoms with van der Waals surface area (Å²) in [4.78, 5) is 10.7. The lowest BCUT2D eigenvalue weighted by atomic mass is 10.1. The Morgan fingerprint density at radius 3 is 2.26 bits per heavy atom. The lowest BCUT2D eigenvalue weighted by Crippen LogP contribution is -2.13. The summed E-state index contributed by atoms with van der Waals surface area (Å²) < 4.78 is 27.3. The molecule has 122 valence electrons. The minimum atomic E-state index is -3.66. The van der Waals surface area contributed by atoms with Gasteiger partial charge in [0.05, 0.1) is 4.90 Å². The zero-order chi connectivity index (χ0) is 17.0. The van der Waals surface area contributed by atoms with Crippen LogP contribution in [0.25, 0.3) is 0 Å². The van der Waals surface area contributed by atoms with Gasteiger partial charge in [-0.1, -0.05) is 18.2 Å². The second-order valence-electron chi connectivity index (χ2n) is 5.44. The number of nitrogens with one attached hydrogen (secondary N) is 1. The first-order chi connectivity index (χ1) is 10.8. The number of hydrogen-bond donors (Lipinski definition) is 2. The summed E-state index contributed by atoms with van der Waals surface area (Å²) in [6.07, 6.45) is 0.396. The number of hydrogen-bond acceptors (Lipinski definition) is 3. The van der Waals surface area contributed by atoms with E-state index in [4.69, 9.17) is 5.11 Å². The molecule has 23 heavy (non-hydrogen) atoms. The molecular formula is C17H19NO4S. The van der Waals surface area contributed by atoms with Gasteiger partial charge in [-0.2, -0.15) is 0 Å². The van der Waals surface area contributed by atoms with Crippen molar-refractivity contribution in [1.29, 1.82) is 0 Å². The van der Waals surface area contributed by atoms with Gasteiger partial charge in [0.2, 0.25) is 0 Å². The van der Waals surface area contributed by atoms with E-state index in [1.807, 2.05) is 19.9 Å². The predicted molar refractivity (Wildman–Crippen MR) is 89.1 cm³/mol. The molecule has 6 heteroatoms. The zero-order valence-corrected chi connectivity index (χ0v) is 13.9. The topological polar surface area (TPSA) is 83.5 Å². The predicted octanol–water partition coefficient (Wildman–Crippen LogP) is 3.12. The Morgan fingerprint density at radius 1 is 1.04 bits per heavy atom. The van der Waals surface area contributed by atoms with Crippen molar-refractivity contribution in [2.24, 2.45) is 0 Å². The molecule has 0 atom stereocenters. The number of aryl methyl sites for hydroxylation is 3. The number of benzene rings is 2. The Bertz CT molecular complexity index is 811. The first-order valence-corrected chi connectivity index (χ1v) is 8.67. The monoisotopic (exact) mass is 333 g/mol.